The number of aryl methyl sites for hydroxylation is 1. The van der Waals surface area contributed by atoms with Crippen molar-refractivity contribution in [1.82, 2.24) is 4.98 Å². The predicted octanol–water partition coefficient (Wildman–Crippen LogP) is 5.48. The summed E-state index contributed by atoms with van der Waals surface area (Å²) in [5, 5.41) is 31.4. The number of hydrogen-bond donors (Lipinski definition) is 2. The summed E-state index contributed by atoms with van der Waals surface area (Å²) in [7, 11) is 0. The van der Waals surface area contributed by atoms with Gasteiger partial charge in [0.2, 0.25) is 0 Å². The third-order valence-corrected chi connectivity index (χ3v) is 5.74. The van der Waals surface area contributed by atoms with Gasteiger partial charge in [-0.15, -0.1) is 0 Å². The van der Waals surface area contributed by atoms with Crippen LogP contribution in [0.25, 0.3) is 11.1 Å². The summed E-state index contributed by atoms with van der Waals surface area (Å²) < 4.78 is 6.04. The fourth-order valence-electron chi connectivity index (χ4n) is 3.74. The van der Waals surface area contributed by atoms with Gasteiger partial charge in [-0.3, -0.25) is 4.98 Å². The lowest BCUT2D eigenvalue weighted by Crippen LogP contribution is -2.09. The number of ether oxygens (including phenoxy) is 1. The number of nitriles is 2. The first-order valence-corrected chi connectivity index (χ1v) is 11.2. The molecule has 0 aliphatic rings. The Morgan fingerprint density at radius 3 is 2.00 bits per heavy atom. The summed E-state index contributed by atoms with van der Waals surface area (Å²) in [5.41, 5.74) is 7.47. The Morgan fingerprint density at radius 2 is 1.43 bits per heavy atom. The lowest BCUT2D eigenvalue weighted by molar-refractivity contribution is 0.256. The van der Waals surface area contributed by atoms with Gasteiger partial charge in [0.05, 0.1) is 35.6 Å². The van der Waals surface area contributed by atoms with Crippen molar-refractivity contribution >= 4 is 5.69 Å². The van der Waals surface area contributed by atoms with Crippen LogP contribution < -0.4 is 10.1 Å². The van der Waals surface area contributed by atoms with E-state index in [1.54, 1.807) is 18.3 Å². The molecule has 0 aliphatic carbocycles. The molecule has 0 radical (unpaired) electrons. The summed E-state index contributed by atoms with van der Waals surface area (Å²) in [6.07, 6.45) is 1.76. The zero-order chi connectivity index (χ0) is 24.6. The molecule has 0 amide bonds. The van der Waals surface area contributed by atoms with Crippen molar-refractivity contribution in [3.63, 3.8) is 0 Å². The van der Waals surface area contributed by atoms with Gasteiger partial charge in [0.25, 0.3) is 0 Å². The van der Waals surface area contributed by atoms with E-state index >= 15 is 0 Å². The molecule has 3 aromatic carbocycles. The highest BCUT2D eigenvalue weighted by Crippen LogP contribution is 2.28. The topological polar surface area (TPSA) is 102 Å². The molecule has 6 nitrogen and oxygen atoms in total. The van der Waals surface area contributed by atoms with Crippen LogP contribution >= 0.6 is 0 Å². The maximum Gasteiger partial charge on any atom is 0.146 e. The van der Waals surface area contributed by atoms with Crippen molar-refractivity contribution in [2.24, 2.45) is 0 Å². The standard InChI is InChI=1S/C29H24N4O2/c1-20-29(35-19-23-4-2-21(14-30)3-5-23)28(18-34)26(16-32-20)17-33-27-12-10-25(11-13-27)24-8-6-22(15-31)7-9-24/h2-13,16,33-34H,17-19H2,1H3. The molecule has 1 heterocycles. The Kier molecular flexibility index (Phi) is 7.37. The third kappa shape index (κ3) is 5.65. The molecule has 172 valence electrons. The van der Waals surface area contributed by atoms with Gasteiger partial charge in [0.1, 0.15) is 12.4 Å². The average molecular weight is 461 g/mol. The SMILES string of the molecule is Cc1ncc(CNc2ccc(-c3ccc(C#N)cc3)cc2)c(CO)c1OCc1ccc(C#N)cc1. The largest absolute Gasteiger partial charge is 0.487 e. The van der Waals surface area contributed by atoms with Crippen molar-refractivity contribution in [2.45, 2.75) is 26.7 Å². The van der Waals surface area contributed by atoms with Crippen LogP contribution in [0.15, 0.2) is 79.0 Å². The Morgan fingerprint density at radius 1 is 0.857 bits per heavy atom. The van der Waals surface area contributed by atoms with E-state index < -0.39 is 0 Å². The van der Waals surface area contributed by atoms with Crippen LogP contribution in [0.2, 0.25) is 0 Å². The van der Waals surface area contributed by atoms with Crippen LogP contribution in [0.4, 0.5) is 5.69 Å². The van der Waals surface area contributed by atoms with E-state index in [1.165, 1.54) is 0 Å². The maximum atomic E-state index is 10.1. The number of aromatic nitrogens is 1. The second kappa shape index (κ2) is 11.0. The molecular formula is C29H24N4O2. The first-order valence-electron chi connectivity index (χ1n) is 11.2. The number of rotatable bonds is 8. The number of pyridine rings is 1. The second-order valence-corrected chi connectivity index (χ2v) is 8.05. The normalized spacial score (nSPS) is 10.3. The highest BCUT2D eigenvalue weighted by Gasteiger charge is 2.14. The fourth-order valence-corrected chi connectivity index (χ4v) is 3.74. The molecule has 1 aromatic heterocycles. The summed E-state index contributed by atoms with van der Waals surface area (Å²) >= 11 is 0. The van der Waals surface area contributed by atoms with Crippen molar-refractivity contribution in [2.75, 3.05) is 5.32 Å². The maximum absolute atomic E-state index is 10.1. The van der Waals surface area contributed by atoms with E-state index in [-0.39, 0.29) is 6.61 Å². The number of nitrogens with one attached hydrogen (secondary N) is 1. The Hall–Kier alpha value is -4.65. The van der Waals surface area contributed by atoms with Crippen molar-refractivity contribution in [3.8, 4) is 29.0 Å². The van der Waals surface area contributed by atoms with Crippen LogP contribution in [-0.2, 0) is 19.8 Å². The van der Waals surface area contributed by atoms with Gasteiger partial charge in [-0.25, -0.2) is 0 Å². The minimum absolute atomic E-state index is 0.166. The Labute approximate surface area is 204 Å². The monoisotopic (exact) mass is 460 g/mol. The molecule has 0 aliphatic heterocycles. The molecule has 2 N–H and O–H groups in total. The Bertz CT molecular complexity index is 1380. The number of anilines is 1. The number of hydrogen-bond acceptors (Lipinski definition) is 6. The first-order chi connectivity index (χ1) is 17.1. The van der Waals surface area contributed by atoms with Crippen molar-refractivity contribution in [1.29, 1.82) is 10.5 Å². The van der Waals surface area contributed by atoms with Crippen LogP contribution in [0, 0.1) is 29.6 Å². The molecular weight excluding hydrogens is 436 g/mol. The lowest BCUT2D eigenvalue weighted by atomic mass is 10.0. The van der Waals surface area contributed by atoms with E-state index in [0.29, 0.717) is 41.3 Å². The van der Waals surface area contributed by atoms with Crippen LogP contribution in [0.5, 0.6) is 5.75 Å². The van der Waals surface area contributed by atoms with E-state index in [4.69, 9.17) is 15.3 Å². The molecule has 0 saturated heterocycles. The predicted molar refractivity (Wildman–Crippen MR) is 134 cm³/mol. The zero-order valence-electron chi connectivity index (χ0n) is 19.3. The fraction of sp³-hybridized carbons (Fsp3) is 0.138. The molecule has 0 atom stereocenters. The molecule has 0 fully saturated rings. The molecule has 0 saturated carbocycles. The minimum atomic E-state index is -0.166. The number of nitrogens with zero attached hydrogens (tertiary/aromatic N) is 3. The third-order valence-electron chi connectivity index (χ3n) is 5.74. The van der Waals surface area contributed by atoms with E-state index in [2.05, 4.69) is 22.4 Å². The molecule has 4 aromatic rings. The van der Waals surface area contributed by atoms with Gasteiger partial charge in [-0.1, -0.05) is 36.4 Å². The smallest absolute Gasteiger partial charge is 0.146 e. The first kappa shape index (κ1) is 23.5. The van der Waals surface area contributed by atoms with Crippen LogP contribution in [0.1, 0.15) is 33.5 Å². The second-order valence-electron chi connectivity index (χ2n) is 8.05. The summed E-state index contributed by atoms with van der Waals surface area (Å²) in [4.78, 5) is 4.47. The van der Waals surface area contributed by atoms with Crippen molar-refractivity contribution < 1.29 is 9.84 Å². The summed E-state index contributed by atoms with van der Waals surface area (Å²) in [5.74, 6) is 0.576. The van der Waals surface area contributed by atoms with Crippen molar-refractivity contribution in [3.05, 3.63) is 113 Å². The molecule has 0 unspecified atom stereocenters. The average Bonchev–Trinajstić information content (AvgIpc) is 2.92. The summed E-state index contributed by atoms with van der Waals surface area (Å²) in [6.45, 7) is 2.48. The molecule has 0 bridgehead atoms. The van der Waals surface area contributed by atoms with Gasteiger partial charge in [0.15, 0.2) is 0 Å². The zero-order valence-corrected chi connectivity index (χ0v) is 19.3. The van der Waals surface area contributed by atoms with Gasteiger partial charge < -0.3 is 15.2 Å². The number of aliphatic hydroxyl groups excluding tert-OH is 1. The number of aliphatic hydroxyl groups is 1. The molecule has 4 rings (SSSR count). The van der Waals surface area contributed by atoms with Gasteiger partial charge >= 0.3 is 0 Å². The highest BCUT2D eigenvalue weighted by atomic mass is 16.5. The minimum Gasteiger partial charge on any atom is -0.487 e. The quantitative estimate of drug-likeness (QED) is 0.361. The van der Waals surface area contributed by atoms with E-state index in [9.17, 15) is 5.11 Å². The number of benzene rings is 3. The Balaban J connectivity index is 1.45. The molecule has 6 heteroatoms. The van der Waals surface area contributed by atoms with E-state index in [1.807, 2.05) is 67.6 Å². The van der Waals surface area contributed by atoms with Gasteiger partial charge in [-0.05, 0) is 65.6 Å². The lowest BCUT2D eigenvalue weighted by Gasteiger charge is -2.17. The van der Waals surface area contributed by atoms with Gasteiger partial charge in [0, 0.05) is 24.0 Å². The van der Waals surface area contributed by atoms with Crippen LogP contribution in [0.3, 0.4) is 0 Å². The van der Waals surface area contributed by atoms with E-state index in [0.717, 1.165) is 27.9 Å². The molecule has 0 spiro atoms. The highest BCUT2D eigenvalue weighted by molar-refractivity contribution is 5.66. The summed E-state index contributed by atoms with van der Waals surface area (Å²) in [6, 6.07) is 27.0. The van der Waals surface area contributed by atoms with Gasteiger partial charge in [-0.2, -0.15) is 10.5 Å². The van der Waals surface area contributed by atoms with Crippen LogP contribution in [-0.4, -0.2) is 10.1 Å². The molecule has 35 heavy (non-hydrogen) atoms.